The Morgan fingerprint density at radius 3 is 3.00 bits per heavy atom. The second-order valence-electron chi connectivity index (χ2n) is 4.65. The third-order valence-corrected chi connectivity index (χ3v) is 3.72. The number of hydrogen-bond donors (Lipinski definition) is 2. The SMILES string of the molecule is CCCc1nsc(NCc2nc3ccccc3c(=O)[nH]2)n1. The van der Waals surface area contributed by atoms with Crippen LogP contribution in [-0.2, 0) is 13.0 Å². The molecule has 0 radical (unpaired) electrons. The van der Waals surface area contributed by atoms with Gasteiger partial charge in [0.1, 0.15) is 11.6 Å². The van der Waals surface area contributed by atoms with E-state index in [0.717, 1.165) is 23.8 Å². The van der Waals surface area contributed by atoms with Crippen molar-refractivity contribution >= 4 is 27.6 Å². The molecule has 0 saturated carbocycles. The van der Waals surface area contributed by atoms with Gasteiger partial charge in [-0.3, -0.25) is 4.79 Å². The molecule has 0 saturated heterocycles. The number of hydrogen-bond acceptors (Lipinski definition) is 6. The molecule has 2 heterocycles. The summed E-state index contributed by atoms with van der Waals surface area (Å²) in [4.78, 5) is 23.5. The minimum absolute atomic E-state index is 0.124. The van der Waals surface area contributed by atoms with Crippen LogP contribution < -0.4 is 10.9 Å². The van der Waals surface area contributed by atoms with Crippen LogP contribution in [0.3, 0.4) is 0 Å². The van der Waals surface area contributed by atoms with Crippen molar-refractivity contribution in [1.29, 1.82) is 0 Å². The van der Waals surface area contributed by atoms with Crippen LogP contribution >= 0.6 is 11.5 Å². The van der Waals surface area contributed by atoms with Crippen LogP contribution in [-0.4, -0.2) is 19.3 Å². The highest BCUT2D eigenvalue weighted by atomic mass is 32.1. The van der Waals surface area contributed by atoms with E-state index in [4.69, 9.17) is 0 Å². The van der Waals surface area contributed by atoms with Crippen LogP contribution in [0.4, 0.5) is 5.13 Å². The van der Waals surface area contributed by atoms with Crippen molar-refractivity contribution < 1.29 is 0 Å². The molecule has 0 bridgehead atoms. The van der Waals surface area contributed by atoms with E-state index in [2.05, 4.69) is 31.6 Å². The largest absolute Gasteiger partial charge is 0.353 e. The molecule has 0 aliphatic rings. The summed E-state index contributed by atoms with van der Waals surface area (Å²) in [5.41, 5.74) is 0.573. The first-order valence-corrected chi connectivity index (χ1v) is 7.58. The molecule has 3 aromatic rings. The lowest BCUT2D eigenvalue weighted by Gasteiger charge is -2.03. The quantitative estimate of drug-likeness (QED) is 0.755. The predicted octanol–water partition coefficient (Wildman–Crippen LogP) is 2.34. The predicted molar refractivity (Wildman–Crippen MR) is 83.6 cm³/mol. The fourth-order valence-corrected chi connectivity index (χ4v) is 2.64. The zero-order valence-electron chi connectivity index (χ0n) is 11.6. The summed E-state index contributed by atoms with van der Waals surface area (Å²) in [6, 6.07) is 7.29. The molecule has 21 heavy (non-hydrogen) atoms. The minimum atomic E-state index is -0.124. The van der Waals surface area contributed by atoms with E-state index in [1.54, 1.807) is 6.07 Å². The standard InChI is InChI=1S/C14H15N5OS/c1-2-5-11-18-14(21-19-11)15-8-12-16-10-7-4-3-6-9(10)13(20)17-12/h3-4,6-7H,2,5,8H2,1H3,(H,15,18,19)(H,16,17,20). The maximum atomic E-state index is 12.0. The fourth-order valence-electron chi connectivity index (χ4n) is 2.03. The molecule has 0 aliphatic carbocycles. The lowest BCUT2D eigenvalue weighted by atomic mass is 10.2. The number of H-pyrrole nitrogens is 1. The number of anilines is 1. The third kappa shape index (κ3) is 3.08. The summed E-state index contributed by atoms with van der Waals surface area (Å²) < 4.78 is 4.26. The van der Waals surface area contributed by atoms with Crippen molar-refractivity contribution in [2.45, 2.75) is 26.3 Å². The Hall–Kier alpha value is -2.28. The van der Waals surface area contributed by atoms with Crippen molar-refractivity contribution in [2.24, 2.45) is 0 Å². The lowest BCUT2D eigenvalue weighted by molar-refractivity contribution is 0.859. The normalized spacial score (nSPS) is 10.9. The highest BCUT2D eigenvalue weighted by Gasteiger charge is 2.05. The summed E-state index contributed by atoms with van der Waals surface area (Å²) >= 11 is 1.32. The highest BCUT2D eigenvalue weighted by Crippen LogP contribution is 2.13. The van der Waals surface area contributed by atoms with Crippen molar-refractivity contribution in [3.05, 3.63) is 46.3 Å². The number of nitrogens with one attached hydrogen (secondary N) is 2. The van der Waals surface area contributed by atoms with E-state index < -0.39 is 0 Å². The number of aryl methyl sites for hydroxylation is 1. The first-order chi connectivity index (χ1) is 10.3. The average Bonchev–Trinajstić information content (AvgIpc) is 2.93. The number of para-hydroxylation sites is 1. The number of nitrogens with zero attached hydrogens (tertiary/aromatic N) is 3. The summed E-state index contributed by atoms with van der Waals surface area (Å²) in [6.45, 7) is 2.51. The van der Waals surface area contributed by atoms with Gasteiger partial charge in [0.2, 0.25) is 5.13 Å². The first kappa shape index (κ1) is 13.7. The van der Waals surface area contributed by atoms with Crippen molar-refractivity contribution in [3.63, 3.8) is 0 Å². The van der Waals surface area contributed by atoms with Gasteiger partial charge in [-0.15, -0.1) is 0 Å². The molecule has 7 heteroatoms. The molecular weight excluding hydrogens is 286 g/mol. The van der Waals surface area contributed by atoms with Crippen molar-refractivity contribution in [2.75, 3.05) is 5.32 Å². The Bertz CT molecular complexity index is 810. The Balaban J connectivity index is 1.77. The van der Waals surface area contributed by atoms with Crippen LogP contribution in [0.1, 0.15) is 25.0 Å². The molecule has 2 aromatic heterocycles. The molecule has 0 fully saturated rings. The highest BCUT2D eigenvalue weighted by molar-refractivity contribution is 7.09. The number of aromatic nitrogens is 4. The van der Waals surface area contributed by atoms with Gasteiger partial charge in [-0.2, -0.15) is 4.37 Å². The van der Waals surface area contributed by atoms with E-state index in [1.807, 2.05) is 18.2 Å². The number of benzene rings is 1. The monoisotopic (exact) mass is 301 g/mol. The molecule has 6 nitrogen and oxygen atoms in total. The molecule has 2 N–H and O–H groups in total. The summed E-state index contributed by atoms with van der Waals surface area (Å²) in [5.74, 6) is 1.44. The number of aromatic amines is 1. The summed E-state index contributed by atoms with van der Waals surface area (Å²) in [5, 5.41) is 4.49. The maximum absolute atomic E-state index is 12.0. The maximum Gasteiger partial charge on any atom is 0.258 e. The minimum Gasteiger partial charge on any atom is -0.353 e. The Morgan fingerprint density at radius 1 is 1.29 bits per heavy atom. The van der Waals surface area contributed by atoms with Gasteiger partial charge < -0.3 is 10.3 Å². The molecule has 0 amide bonds. The molecule has 0 atom stereocenters. The smallest absolute Gasteiger partial charge is 0.258 e. The molecule has 0 spiro atoms. The van der Waals surface area contributed by atoms with Crippen molar-refractivity contribution in [3.8, 4) is 0 Å². The zero-order chi connectivity index (χ0) is 14.7. The van der Waals surface area contributed by atoms with Crippen LogP contribution in [0.2, 0.25) is 0 Å². The van der Waals surface area contributed by atoms with Gasteiger partial charge in [-0.25, -0.2) is 9.97 Å². The third-order valence-electron chi connectivity index (χ3n) is 3.01. The van der Waals surface area contributed by atoms with E-state index >= 15 is 0 Å². The van der Waals surface area contributed by atoms with Crippen LogP contribution in [0.5, 0.6) is 0 Å². The molecule has 108 valence electrons. The number of rotatable bonds is 5. The molecule has 3 rings (SSSR count). The summed E-state index contributed by atoms with van der Waals surface area (Å²) in [6.07, 6.45) is 1.90. The topological polar surface area (TPSA) is 83.6 Å². The van der Waals surface area contributed by atoms with E-state index in [-0.39, 0.29) is 5.56 Å². The molecule has 0 aliphatic heterocycles. The van der Waals surface area contributed by atoms with E-state index in [0.29, 0.717) is 23.3 Å². The average molecular weight is 301 g/mol. The van der Waals surface area contributed by atoms with Crippen LogP contribution in [0.15, 0.2) is 29.1 Å². The van der Waals surface area contributed by atoms with E-state index in [1.165, 1.54) is 11.5 Å². The van der Waals surface area contributed by atoms with Gasteiger partial charge in [0, 0.05) is 18.0 Å². The second-order valence-corrected chi connectivity index (χ2v) is 5.40. The Morgan fingerprint density at radius 2 is 2.14 bits per heavy atom. The van der Waals surface area contributed by atoms with Gasteiger partial charge in [0.05, 0.1) is 17.4 Å². The van der Waals surface area contributed by atoms with Gasteiger partial charge in [0.15, 0.2) is 0 Å². The fraction of sp³-hybridized carbons (Fsp3) is 0.286. The van der Waals surface area contributed by atoms with Gasteiger partial charge >= 0.3 is 0 Å². The van der Waals surface area contributed by atoms with E-state index in [9.17, 15) is 4.79 Å². The molecule has 1 aromatic carbocycles. The van der Waals surface area contributed by atoms with Crippen LogP contribution in [0, 0.1) is 0 Å². The first-order valence-electron chi connectivity index (χ1n) is 6.80. The Labute approximate surface area is 125 Å². The van der Waals surface area contributed by atoms with Crippen molar-refractivity contribution in [1.82, 2.24) is 19.3 Å². The van der Waals surface area contributed by atoms with Crippen LogP contribution in [0.25, 0.3) is 10.9 Å². The Kier molecular flexibility index (Phi) is 3.92. The molecule has 0 unspecified atom stereocenters. The summed E-state index contributed by atoms with van der Waals surface area (Å²) in [7, 11) is 0. The van der Waals surface area contributed by atoms with Gasteiger partial charge in [0.25, 0.3) is 5.56 Å². The van der Waals surface area contributed by atoms with Gasteiger partial charge in [-0.1, -0.05) is 19.1 Å². The molecular formula is C14H15N5OS. The van der Waals surface area contributed by atoms with Gasteiger partial charge in [-0.05, 0) is 18.6 Å². The second kappa shape index (κ2) is 6.01. The number of fused-ring (bicyclic) bond motifs is 1. The lowest BCUT2D eigenvalue weighted by Crippen LogP contribution is -2.14. The zero-order valence-corrected chi connectivity index (χ0v) is 12.4.